The van der Waals surface area contributed by atoms with E-state index in [1.807, 2.05) is 7.11 Å². The zero-order valence-electron chi connectivity index (χ0n) is 16.6. The Morgan fingerprint density at radius 2 is 1.67 bits per heavy atom. The van der Waals surface area contributed by atoms with Crippen LogP contribution in [0.1, 0.15) is 42.9 Å². The molecule has 0 spiro atoms. The summed E-state index contributed by atoms with van der Waals surface area (Å²) in [5.74, 6) is 0.547. The van der Waals surface area contributed by atoms with Crippen molar-refractivity contribution < 1.29 is 4.74 Å². The first-order valence-corrected chi connectivity index (χ1v) is 9.97. The molecule has 1 fully saturated rings. The smallest absolute Gasteiger partial charge is 0.0869 e. The fourth-order valence-corrected chi connectivity index (χ4v) is 5.07. The molecule has 1 aliphatic carbocycles. The van der Waals surface area contributed by atoms with E-state index in [0.29, 0.717) is 5.92 Å². The van der Waals surface area contributed by atoms with Gasteiger partial charge in [-0.25, -0.2) is 0 Å². The number of hydrogen-bond acceptors (Lipinski definition) is 2. The molecule has 1 atom stereocenters. The number of H-pyrrole nitrogens is 1. The number of fused-ring (bicyclic) bond motifs is 1. The second-order valence-electron chi connectivity index (χ2n) is 8.08. The predicted octanol–water partition coefficient (Wildman–Crippen LogP) is 5.50. The minimum absolute atomic E-state index is 0.135. The summed E-state index contributed by atoms with van der Waals surface area (Å²) in [6.07, 6.45) is 6.96. The molecular weight excluding hydrogens is 332 g/mol. The van der Waals surface area contributed by atoms with Gasteiger partial charge in [0.15, 0.2) is 0 Å². The third-order valence-corrected chi connectivity index (χ3v) is 6.63. The van der Waals surface area contributed by atoms with Crippen molar-refractivity contribution in [3.63, 3.8) is 0 Å². The van der Waals surface area contributed by atoms with E-state index in [9.17, 15) is 0 Å². The monoisotopic (exact) mass is 362 g/mol. The van der Waals surface area contributed by atoms with Crippen molar-refractivity contribution in [1.82, 2.24) is 9.88 Å². The number of nitrogens with one attached hydrogen (secondary N) is 1. The van der Waals surface area contributed by atoms with E-state index in [1.165, 1.54) is 34.9 Å². The van der Waals surface area contributed by atoms with Gasteiger partial charge in [-0.2, -0.15) is 0 Å². The summed E-state index contributed by atoms with van der Waals surface area (Å²) in [6.45, 7) is 0. The maximum absolute atomic E-state index is 6.04. The highest BCUT2D eigenvalue weighted by molar-refractivity contribution is 5.83. The average Bonchev–Trinajstić information content (AvgIpc) is 3.14. The van der Waals surface area contributed by atoms with E-state index in [4.69, 9.17) is 4.74 Å². The Hall–Kier alpha value is -2.10. The molecule has 0 saturated heterocycles. The maximum atomic E-state index is 6.04. The number of aromatic amines is 1. The van der Waals surface area contributed by atoms with Crippen molar-refractivity contribution in [2.75, 3.05) is 21.2 Å². The average molecular weight is 363 g/mol. The van der Waals surface area contributed by atoms with Crippen LogP contribution in [0.15, 0.2) is 60.8 Å². The number of rotatable bonds is 5. The highest BCUT2D eigenvalue weighted by atomic mass is 16.5. The molecule has 27 heavy (non-hydrogen) atoms. The molecule has 1 N–H and O–H groups in total. The van der Waals surface area contributed by atoms with Crippen LogP contribution < -0.4 is 0 Å². The predicted molar refractivity (Wildman–Crippen MR) is 112 cm³/mol. The molecule has 0 aliphatic heterocycles. The van der Waals surface area contributed by atoms with Gasteiger partial charge >= 0.3 is 0 Å². The van der Waals surface area contributed by atoms with E-state index >= 15 is 0 Å². The molecule has 0 amide bonds. The minimum Gasteiger partial charge on any atom is -0.376 e. The fraction of sp³-hybridized carbons (Fsp3) is 0.417. The molecule has 2 aromatic carbocycles. The topological polar surface area (TPSA) is 28.3 Å². The molecule has 0 bridgehead atoms. The maximum Gasteiger partial charge on any atom is 0.0869 e. The van der Waals surface area contributed by atoms with Crippen molar-refractivity contribution in [2.24, 2.45) is 5.92 Å². The Kier molecular flexibility index (Phi) is 5.07. The summed E-state index contributed by atoms with van der Waals surface area (Å²) in [4.78, 5) is 5.84. The molecule has 3 nitrogen and oxygen atoms in total. The second-order valence-corrected chi connectivity index (χ2v) is 8.08. The van der Waals surface area contributed by atoms with Gasteiger partial charge in [0.1, 0.15) is 0 Å². The molecule has 1 unspecified atom stereocenters. The van der Waals surface area contributed by atoms with Crippen LogP contribution >= 0.6 is 0 Å². The van der Waals surface area contributed by atoms with Crippen LogP contribution in [0.2, 0.25) is 0 Å². The SMILES string of the molecule is COC(c1c[nH]c2ccccc12)C1CCC(c2ccccc2)(N(C)C)CC1. The van der Waals surface area contributed by atoms with Gasteiger partial charge in [0, 0.05) is 35.3 Å². The highest BCUT2D eigenvalue weighted by Crippen LogP contribution is 2.47. The molecule has 3 aromatic rings. The molecule has 1 saturated carbocycles. The number of benzene rings is 2. The number of ether oxygens (including phenoxy) is 1. The van der Waals surface area contributed by atoms with Crippen molar-refractivity contribution >= 4 is 10.9 Å². The lowest BCUT2D eigenvalue weighted by Gasteiger charge is -2.46. The van der Waals surface area contributed by atoms with Gasteiger partial charge in [0.25, 0.3) is 0 Å². The third-order valence-electron chi connectivity index (χ3n) is 6.63. The summed E-state index contributed by atoms with van der Waals surface area (Å²) in [5.41, 5.74) is 4.07. The van der Waals surface area contributed by atoms with Crippen molar-refractivity contribution in [3.05, 3.63) is 71.9 Å². The largest absolute Gasteiger partial charge is 0.376 e. The lowest BCUT2D eigenvalue weighted by atomic mass is 9.70. The number of aromatic nitrogens is 1. The normalized spacial score (nSPS) is 24.4. The quantitative estimate of drug-likeness (QED) is 0.649. The van der Waals surface area contributed by atoms with E-state index in [1.54, 1.807) is 0 Å². The van der Waals surface area contributed by atoms with Gasteiger partial charge in [0.2, 0.25) is 0 Å². The first-order valence-electron chi connectivity index (χ1n) is 9.97. The van der Waals surface area contributed by atoms with E-state index in [0.717, 1.165) is 12.8 Å². The van der Waals surface area contributed by atoms with Gasteiger partial charge in [-0.3, -0.25) is 4.90 Å². The number of hydrogen-bond donors (Lipinski definition) is 1. The zero-order chi connectivity index (χ0) is 18.9. The Balaban J connectivity index is 1.58. The summed E-state index contributed by atoms with van der Waals surface area (Å²) in [6, 6.07) is 19.5. The van der Waals surface area contributed by atoms with E-state index in [-0.39, 0.29) is 11.6 Å². The summed E-state index contributed by atoms with van der Waals surface area (Å²) < 4.78 is 6.04. The molecule has 3 heteroatoms. The molecule has 1 aromatic heterocycles. The Morgan fingerprint density at radius 3 is 2.33 bits per heavy atom. The van der Waals surface area contributed by atoms with Crippen LogP contribution in [-0.4, -0.2) is 31.1 Å². The van der Waals surface area contributed by atoms with Crippen LogP contribution in [0.25, 0.3) is 10.9 Å². The number of methoxy groups -OCH3 is 1. The van der Waals surface area contributed by atoms with Crippen LogP contribution in [-0.2, 0) is 10.3 Å². The van der Waals surface area contributed by atoms with Crippen LogP contribution in [0.5, 0.6) is 0 Å². The Morgan fingerprint density at radius 1 is 1.00 bits per heavy atom. The zero-order valence-corrected chi connectivity index (χ0v) is 16.6. The van der Waals surface area contributed by atoms with Gasteiger partial charge in [-0.05, 0) is 57.3 Å². The molecule has 1 aliphatic rings. The fourth-order valence-electron chi connectivity index (χ4n) is 5.07. The standard InChI is InChI=1S/C24H30N2O/c1-26(2)24(19-9-5-4-6-10-19)15-13-18(14-16-24)23(27-3)21-17-25-22-12-8-7-11-20(21)22/h4-12,17-18,23,25H,13-16H2,1-3H3. The highest BCUT2D eigenvalue weighted by Gasteiger charge is 2.41. The second kappa shape index (κ2) is 7.49. The van der Waals surface area contributed by atoms with Crippen LogP contribution in [0, 0.1) is 5.92 Å². The molecule has 0 radical (unpaired) electrons. The van der Waals surface area contributed by atoms with Gasteiger partial charge in [-0.1, -0.05) is 48.5 Å². The van der Waals surface area contributed by atoms with Crippen molar-refractivity contribution in [1.29, 1.82) is 0 Å². The summed E-state index contributed by atoms with van der Waals surface area (Å²) in [7, 11) is 6.30. The van der Waals surface area contributed by atoms with Gasteiger partial charge in [0.05, 0.1) is 6.10 Å². The van der Waals surface area contributed by atoms with Crippen LogP contribution in [0.3, 0.4) is 0 Å². The lowest BCUT2D eigenvalue weighted by molar-refractivity contribution is -0.000844. The van der Waals surface area contributed by atoms with E-state index < -0.39 is 0 Å². The Labute approximate surface area is 162 Å². The van der Waals surface area contributed by atoms with Gasteiger partial charge < -0.3 is 9.72 Å². The van der Waals surface area contributed by atoms with Crippen LogP contribution in [0.4, 0.5) is 0 Å². The number of para-hydroxylation sites is 1. The molecular formula is C24H30N2O. The van der Waals surface area contributed by atoms with E-state index in [2.05, 4.69) is 84.8 Å². The first kappa shape index (κ1) is 18.3. The first-order chi connectivity index (χ1) is 13.2. The lowest BCUT2D eigenvalue weighted by Crippen LogP contribution is -2.45. The molecule has 1 heterocycles. The third kappa shape index (κ3) is 3.19. The summed E-state index contributed by atoms with van der Waals surface area (Å²) >= 11 is 0. The van der Waals surface area contributed by atoms with Gasteiger partial charge in [-0.15, -0.1) is 0 Å². The molecule has 4 rings (SSSR count). The molecule has 142 valence electrons. The van der Waals surface area contributed by atoms with Crippen molar-refractivity contribution in [2.45, 2.75) is 37.3 Å². The van der Waals surface area contributed by atoms with Crippen molar-refractivity contribution in [3.8, 4) is 0 Å². The minimum atomic E-state index is 0.135. The number of nitrogens with zero attached hydrogens (tertiary/aromatic N) is 1. The Bertz CT molecular complexity index is 876. The summed E-state index contributed by atoms with van der Waals surface area (Å²) in [5, 5.41) is 1.29.